The molecule has 9 nitrogen and oxygen atoms in total. The first-order valence-electron chi connectivity index (χ1n) is 12.7. The number of anilines is 1. The minimum Gasteiger partial charge on any atom is -0.445 e. The Hall–Kier alpha value is -3.43. The van der Waals surface area contributed by atoms with Crippen LogP contribution in [0.15, 0.2) is 42.6 Å². The van der Waals surface area contributed by atoms with Crippen LogP contribution in [0.4, 0.5) is 15.3 Å². The predicted molar refractivity (Wildman–Crippen MR) is 140 cm³/mol. The second-order valence-electron chi connectivity index (χ2n) is 11.2. The number of rotatable bonds is 4. The van der Waals surface area contributed by atoms with Gasteiger partial charge in [0.25, 0.3) is 0 Å². The molecule has 37 heavy (non-hydrogen) atoms. The fourth-order valence-corrected chi connectivity index (χ4v) is 4.93. The van der Waals surface area contributed by atoms with E-state index in [0.717, 1.165) is 18.4 Å². The predicted octanol–water partition coefficient (Wildman–Crippen LogP) is 5.28. The van der Waals surface area contributed by atoms with E-state index in [2.05, 4.69) is 54.7 Å². The van der Waals surface area contributed by atoms with Gasteiger partial charge in [-0.2, -0.15) is 9.78 Å². The molecule has 3 aromatic rings. The summed E-state index contributed by atoms with van der Waals surface area (Å²) in [5, 5.41) is 10.9. The van der Waals surface area contributed by atoms with E-state index in [9.17, 15) is 9.59 Å². The highest BCUT2D eigenvalue weighted by atomic mass is 16.7. The number of urea groups is 1. The van der Waals surface area contributed by atoms with E-state index in [0.29, 0.717) is 23.2 Å². The van der Waals surface area contributed by atoms with Gasteiger partial charge in [-0.15, -0.1) is 0 Å². The quantitative estimate of drug-likeness (QED) is 0.499. The third-order valence-electron chi connectivity index (χ3n) is 6.89. The van der Waals surface area contributed by atoms with Gasteiger partial charge in [0.15, 0.2) is 5.79 Å². The van der Waals surface area contributed by atoms with Crippen molar-refractivity contribution >= 4 is 28.7 Å². The summed E-state index contributed by atoms with van der Waals surface area (Å²) in [7, 11) is 0. The Labute approximate surface area is 216 Å². The van der Waals surface area contributed by atoms with Gasteiger partial charge in [0.05, 0.1) is 30.0 Å². The first kappa shape index (κ1) is 25.2. The van der Waals surface area contributed by atoms with Crippen LogP contribution >= 0.6 is 0 Å². The maximum atomic E-state index is 12.9. The van der Waals surface area contributed by atoms with Crippen LogP contribution in [0.3, 0.4) is 0 Å². The fraction of sp³-hybridized carbons (Fsp3) is 0.464. The zero-order valence-electron chi connectivity index (χ0n) is 22.0. The van der Waals surface area contributed by atoms with Crippen LogP contribution in [-0.4, -0.2) is 47.0 Å². The molecular weight excluding hydrogens is 472 g/mol. The number of hydrogen-bond acceptors (Lipinski definition) is 6. The molecule has 2 N–H and O–H groups in total. The molecule has 1 aliphatic carbocycles. The normalized spacial score (nSPS) is 20.6. The van der Waals surface area contributed by atoms with Crippen LogP contribution in [-0.2, 0) is 26.0 Å². The Balaban J connectivity index is 1.24. The summed E-state index contributed by atoms with van der Waals surface area (Å²) in [6.45, 7) is 10.7. The van der Waals surface area contributed by atoms with Crippen molar-refractivity contribution in [2.75, 3.05) is 18.5 Å². The molecule has 1 fully saturated rings. The molecular formula is C28H34N4O5. The molecule has 2 aliphatic rings. The van der Waals surface area contributed by atoms with Crippen molar-refractivity contribution in [3.8, 4) is 0 Å². The molecule has 0 bridgehead atoms. The summed E-state index contributed by atoms with van der Waals surface area (Å²) >= 11 is 0. The van der Waals surface area contributed by atoms with Crippen molar-refractivity contribution in [3.05, 3.63) is 59.3 Å². The Bertz CT molecular complexity index is 1340. The Morgan fingerprint density at radius 3 is 2.76 bits per heavy atom. The summed E-state index contributed by atoms with van der Waals surface area (Å²) in [6.07, 6.45) is 2.38. The lowest BCUT2D eigenvalue weighted by Crippen LogP contribution is -2.31. The summed E-state index contributed by atoms with van der Waals surface area (Å²) in [5.74, 6) is -0.688. The molecule has 0 spiro atoms. The third-order valence-corrected chi connectivity index (χ3v) is 6.89. The van der Waals surface area contributed by atoms with Crippen LogP contribution in [0, 0.1) is 0 Å². The Morgan fingerprint density at radius 2 is 2.03 bits per heavy atom. The smallest absolute Gasteiger partial charge is 0.435 e. The van der Waals surface area contributed by atoms with E-state index < -0.39 is 11.9 Å². The van der Waals surface area contributed by atoms with Crippen molar-refractivity contribution < 1.29 is 23.8 Å². The highest BCUT2D eigenvalue weighted by Crippen LogP contribution is 2.35. The lowest BCUT2D eigenvalue weighted by Gasteiger charge is -2.21. The molecule has 1 aromatic heterocycles. The minimum absolute atomic E-state index is 0.0484. The Morgan fingerprint density at radius 1 is 1.22 bits per heavy atom. The van der Waals surface area contributed by atoms with Crippen molar-refractivity contribution in [2.45, 2.75) is 70.8 Å². The maximum Gasteiger partial charge on any atom is 0.435 e. The fourth-order valence-electron chi connectivity index (χ4n) is 4.93. The van der Waals surface area contributed by atoms with Gasteiger partial charge in [-0.3, -0.25) is 0 Å². The number of benzene rings is 2. The lowest BCUT2D eigenvalue weighted by atomic mass is 9.85. The van der Waals surface area contributed by atoms with E-state index in [1.165, 1.54) is 15.8 Å². The standard InChI is InChI=1S/C28H34N4O5/c1-27(2,3)18-10-11-20-17(13-18)9-12-23(20)31-25(33)30-22-7-6-8-24-21(22)14-29-32(24)26(34)35-15-19-16-36-28(4,5)37-19/h6-8,10-11,13-14,19,23H,9,12,15-16H2,1-5H3,(H2,30,31,33). The molecule has 0 saturated carbocycles. The van der Waals surface area contributed by atoms with Gasteiger partial charge >= 0.3 is 12.1 Å². The molecule has 2 aromatic carbocycles. The number of nitrogens with zero attached hydrogens (tertiary/aromatic N) is 2. The van der Waals surface area contributed by atoms with Gasteiger partial charge in [-0.25, -0.2) is 9.59 Å². The highest BCUT2D eigenvalue weighted by molar-refractivity contribution is 6.02. The van der Waals surface area contributed by atoms with Crippen molar-refractivity contribution in [1.82, 2.24) is 15.1 Å². The topological polar surface area (TPSA) is 104 Å². The van der Waals surface area contributed by atoms with Gasteiger partial charge in [-0.1, -0.05) is 45.0 Å². The average Bonchev–Trinajstić information content (AvgIpc) is 3.54. The molecule has 196 valence electrons. The summed E-state index contributed by atoms with van der Waals surface area (Å²) in [4.78, 5) is 25.6. The summed E-state index contributed by atoms with van der Waals surface area (Å²) in [6, 6.07) is 11.5. The summed E-state index contributed by atoms with van der Waals surface area (Å²) < 4.78 is 17.8. The number of aromatic nitrogens is 2. The number of ether oxygens (including phenoxy) is 3. The van der Waals surface area contributed by atoms with Crippen molar-refractivity contribution in [2.24, 2.45) is 0 Å². The molecule has 2 heterocycles. The molecule has 2 unspecified atom stereocenters. The highest BCUT2D eigenvalue weighted by Gasteiger charge is 2.33. The van der Waals surface area contributed by atoms with Crippen LogP contribution < -0.4 is 10.6 Å². The van der Waals surface area contributed by atoms with E-state index >= 15 is 0 Å². The van der Waals surface area contributed by atoms with E-state index in [4.69, 9.17) is 14.2 Å². The molecule has 9 heteroatoms. The number of hydrogen-bond donors (Lipinski definition) is 2. The first-order valence-corrected chi connectivity index (χ1v) is 12.7. The third kappa shape index (κ3) is 5.33. The second kappa shape index (κ2) is 9.46. The minimum atomic E-state index is -0.688. The second-order valence-corrected chi connectivity index (χ2v) is 11.2. The average molecular weight is 507 g/mol. The molecule has 2 atom stereocenters. The summed E-state index contributed by atoms with van der Waals surface area (Å²) in [5.41, 5.74) is 4.93. The van der Waals surface area contributed by atoms with Crippen LogP contribution in [0.1, 0.15) is 63.8 Å². The molecule has 1 saturated heterocycles. The Kier molecular flexibility index (Phi) is 6.45. The number of nitrogens with one attached hydrogen (secondary N) is 2. The monoisotopic (exact) mass is 506 g/mol. The number of aryl methyl sites for hydroxylation is 1. The molecule has 2 amide bonds. The van der Waals surface area contributed by atoms with Gasteiger partial charge in [0.1, 0.15) is 12.7 Å². The van der Waals surface area contributed by atoms with Crippen LogP contribution in [0.2, 0.25) is 0 Å². The van der Waals surface area contributed by atoms with Gasteiger partial charge in [0.2, 0.25) is 0 Å². The number of carbonyl (C=O) groups excluding carboxylic acids is 2. The van der Waals surface area contributed by atoms with Gasteiger partial charge < -0.3 is 24.8 Å². The van der Waals surface area contributed by atoms with Crippen LogP contribution in [0.25, 0.3) is 10.9 Å². The molecule has 5 rings (SSSR count). The SMILES string of the molecule is CC1(C)OCC(COC(=O)n2ncc3c(NC(=O)NC4CCc5cc(C(C)(C)C)ccc54)cccc32)O1. The molecule has 1 aliphatic heterocycles. The zero-order chi connectivity index (χ0) is 26.4. The zero-order valence-corrected chi connectivity index (χ0v) is 22.0. The van der Waals surface area contributed by atoms with Crippen LogP contribution in [0.5, 0.6) is 0 Å². The van der Waals surface area contributed by atoms with Gasteiger partial charge in [0, 0.05) is 5.39 Å². The van der Waals surface area contributed by atoms with Gasteiger partial charge in [-0.05, 0) is 60.9 Å². The largest absolute Gasteiger partial charge is 0.445 e. The lowest BCUT2D eigenvalue weighted by molar-refractivity contribution is -0.142. The van der Waals surface area contributed by atoms with Crippen molar-refractivity contribution in [1.29, 1.82) is 0 Å². The number of fused-ring (bicyclic) bond motifs is 2. The molecule has 0 radical (unpaired) electrons. The van der Waals surface area contributed by atoms with E-state index in [1.54, 1.807) is 24.4 Å². The van der Waals surface area contributed by atoms with Crippen molar-refractivity contribution in [3.63, 3.8) is 0 Å². The number of carbonyl (C=O) groups is 2. The van der Waals surface area contributed by atoms with E-state index in [-0.39, 0.29) is 30.2 Å². The first-order chi connectivity index (χ1) is 17.5. The maximum absolute atomic E-state index is 12.9. The number of amides is 2. The van der Waals surface area contributed by atoms with E-state index in [1.807, 2.05) is 13.8 Å².